The molecular formula is C20H21N3O3. The lowest BCUT2D eigenvalue weighted by atomic mass is 10.1. The van der Waals surface area contributed by atoms with Crippen molar-refractivity contribution in [2.45, 2.75) is 19.8 Å². The molecule has 26 heavy (non-hydrogen) atoms. The Hall–Kier alpha value is -3.15. The van der Waals surface area contributed by atoms with E-state index in [4.69, 9.17) is 0 Å². The molecule has 1 fully saturated rings. The highest BCUT2D eigenvalue weighted by Crippen LogP contribution is 2.30. The fourth-order valence-electron chi connectivity index (χ4n) is 2.50. The van der Waals surface area contributed by atoms with E-state index < -0.39 is 0 Å². The molecule has 2 aromatic rings. The first-order chi connectivity index (χ1) is 12.6. The quantitative estimate of drug-likeness (QED) is 0.747. The summed E-state index contributed by atoms with van der Waals surface area (Å²) in [6, 6.07) is 13.5. The van der Waals surface area contributed by atoms with Gasteiger partial charge in [0.15, 0.2) is 0 Å². The Bertz CT molecular complexity index is 826. The first-order valence-corrected chi connectivity index (χ1v) is 8.67. The number of hydrogen-bond donors (Lipinski definition) is 3. The SMILES string of the molecule is CCNC(=O)c1ccc(NC(=O)c2cccc(NC(=O)C3CC3)c2)cc1. The minimum atomic E-state index is -0.279. The lowest BCUT2D eigenvalue weighted by Crippen LogP contribution is -2.22. The monoisotopic (exact) mass is 351 g/mol. The van der Waals surface area contributed by atoms with Crippen molar-refractivity contribution in [3.8, 4) is 0 Å². The molecule has 6 nitrogen and oxygen atoms in total. The van der Waals surface area contributed by atoms with Crippen LogP contribution in [0.4, 0.5) is 11.4 Å². The van der Waals surface area contributed by atoms with Gasteiger partial charge >= 0.3 is 0 Å². The number of hydrogen-bond acceptors (Lipinski definition) is 3. The Balaban J connectivity index is 1.64. The van der Waals surface area contributed by atoms with Crippen LogP contribution in [0.2, 0.25) is 0 Å². The summed E-state index contributed by atoms with van der Waals surface area (Å²) >= 11 is 0. The number of rotatable bonds is 6. The molecule has 0 atom stereocenters. The zero-order valence-electron chi connectivity index (χ0n) is 14.5. The van der Waals surface area contributed by atoms with Gasteiger partial charge in [0.25, 0.3) is 11.8 Å². The number of anilines is 2. The molecule has 3 amide bonds. The minimum Gasteiger partial charge on any atom is -0.352 e. The molecule has 1 saturated carbocycles. The molecule has 0 unspecified atom stereocenters. The van der Waals surface area contributed by atoms with Crippen molar-refractivity contribution in [1.82, 2.24) is 5.32 Å². The molecule has 0 heterocycles. The van der Waals surface area contributed by atoms with E-state index in [1.807, 2.05) is 6.92 Å². The molecule has 3 N–H and O–H groups in total. The van der Waals surface area contributed by atoms with Crippen molar-refractivity contribution in [2.75, 3.05) is 17.2 Å². The van der Waals surface area contributed by atoms with Crippen molar-refractivity contribution in [2.24, 2.45) is 5.92 Å². The minimum absolute atomic E-state index is 0.00324. The van der Waals surface area contributed by atoms with Crippen molar-refractivity contribution >= 4 is 29.1 Å². The lowest BCUT2D eigenvalue weighted by Gasteiger charge is -2.09. The molecular weight excluding hydrogens is 330 g/mol. The summed E-state index contributed by atoms with van der Waals surface area (Å²) in [5.41, 5.74) is 2.19. The van der Waals surface area contributed by atoms with Crippen molar-refractivity contribution in [3.05, 3.63) is 59.7 Å². The highest BCUT2D eigenvalue weighted by atomic mass is 16.2. The van der Waals surface area contributed by atoms with Crippen LogP contribution in [0.5, 0.6) is 0 Å². The fraction of sp³-hybridized carbons (Fsp3) is 0.250. The summed E-state index contributed by atoms with van der Waals surface area (Å²) in [4.78, 5) is 36.0. The molecule has 3 rings (SSSR count). The summed E-state index contributed by atoms with van der Waals surface area (Å²) in [7, 11) is 0. The van der Waals surface area contributed by atoms with Crippen LogP contribution in [-0.4, -0.2) is 24.3 Å². The smallest absolute Gasteiger partial charge is 0.255 e. The first kappa shape index (κ1) is 17.7. The Morgan fingerprint density at radius 2 is 1.62 bits per heavy atom. The zero-order chi connectivity index (χ0) is 18.5. The van der Waals surface area contributed by atoms with E-state index in [1.165, 1.54) is 0 Å². The summed E-state index contributed by atoms with van der Waals surface area (Å²) in [5, 5.41) is 8.34. The molecule has 0 bridgehead atoms. The maximum atomic E-state index is 12.4. The zero-order valence-corrected chi connectivity index (χ0v) is 14.5. The maximum absolute atomic E-state index is 12.4. The molecule has 0 aromatic heterocycles. The molecule has 134 valence electrons. The van der Waals surface area contributed by atoms with Crippen LogP contribution in [0.3, 0.4) is 0 Å². The van der Waals surface area contributed by atoms with E-state index in [0.29, 0.717) is 29.0 Å². The van der Waals surface area contributed by atoms with E-state index in [1.54, 1.807) is 48.5 Å². The van der Waals surface area contributed by atoms with Gasteiger partial charge in [0, 0.05) is 35.0 Å². The van der Waals surface area contributed by atoms with Crippen molar-refractivity contribution in [1.29, 1.82) is 0 Å². The van der Waals surface area contributed by atoms with Crippen molar-refractivity contribution < 1.29 is 14.4 Å². The first-order valence-electron chi connectivity index (χ1n) is 8.67. The fourth-order valence-corrected chi connectivity index (χ4v) is 2.50. The number of benzene rings is 2. The standard InChI is InChI=1S/C20H21N3O3/c1-2-21-18(24)13-8-10-16(11-9-13)22-20(26)15-4-3-5-17(12-15)23-19(25)14-6-7-14/h3-5,8-12,14H,2,6-7H2,1H3,(H,21,24)(H,22,26)(H,23,25). The van der Waals surface area contributed by atoms with Gasteiger partial charge in [0.1, 0.15) is 0 Å². The van der Waals surface area contributed by atoms with Crippen LogP contribution in [0.1, 0.15) is 40.5 Å². The molecule has 0 radical (unpaired) electrons. The molecule has 1 aliphatic rings. The maximum Gasteiger partial charge on any atom is 0.255 e. The summed E-state index contributed by atoms with van der Waals surface area (Å²) < 4.78 is 0. The average molecular weight is 351 g/mol. The third-order valence-corrected chi connectivity index (χ3v) is 4.08. The summed E-state index contributed by atoms with van der Waals surface area (Å²) in [6.45, 7) is 2.42. The van der Waals surface area contributed by atoms with E-state index in [0.717, 1.165) is 12.8 Å². The van der Waals surface area contributed by atoms with Crippen LogP contribution in [0.25, 0.3) is 0 Å². The van der Waals surface area contributed by atoms with E-state index in [2.05, 4.69) is 16.0 Å². The topological polar surface area (TPSA) is 87.3 Å². The van der Waals surface area contributed by atoms with Crippen LogP contribution < -0.4 is 16.0 Å². The van der Waals surface area contributed by atoms with Gasteiger partial charge in [-0.25, -0.2) is 0 Å². The van der Waals surface area contributed by atoms with Gasteiger partial charge in [-0.1, -0.05) is 6.07 Å². The second-order valence-corrected chi connectivity index (χ2v) is 6.24. The van der Waals surface area contributed by atoms with Crippen LogP contribution in [0.15, 0.2) is 48.5 Å². The van der Waals surface area contributed by atoms with Gasteiger partial charge in [-0.05, 0) is 62.2 Å². The van der Waals surface area contributed by atoms with E-state index in [-0.39, 0.29) is 23.6 Å². The van der Waals surface area contributed by atoms with Gasteiger partial charge < -0.3 is 16.0 Å². The Morgan fingerprint density at radius 3 is 2.27 bits per heavy atom. The number of carbonyl (C=O) groups excluding carboxylic acids is 3. The second kappa shape index (κ2) is 7.82. The Labute approximate surface area is 152 Å². The number of carbonyl (C=O) groups is 3. The number of amides is 3. The molecule has 6 heteroatoms. The second-order valence-electron chi connectivity index (χ2n) is 6.24. The van der Waals surface area contributed by atoms with Crippen LogP contribution >= 0.6 is 0 Å². The lowest BCUT2D eigenvalue weighted by molar-refractivity contribution is -0.117. The van der Waals surface area contributed by atoms with Gasteiger partial charge in [-0.2, -0.15) is 0 Å². The van der Waals surface area contributed by atoms with Gasteiger partial charge in [-0.15, -0.1) is 0 Å². The Morgan fingerprint density at radius 1 is 0.885 bits per heavy atom. The average Bonchev–Trinajstić information content (AvgIpc) is 3.48. The largest absolute Gasteiger partial charge is 0.352 e. The van der Waals surface area contributed by atoms with Crippen LogP contribution in [0, 0.1) is 5.92 Å². The highest BCUT2D eigenvalue weighted by Gasteiger charge is 2.29. The molecule has 0 spiro atoms. The van der Waals surface area contributed by atoms with Crippen LogP contribution in [-0.2, 0) is 4.79 Å². The highest BCUT2D eigenvalue weighted by molar-refractivity contribution is 6.05. The van der Waals surface area contributed by atoms with Gasteiger partial charge in [0.2, 0.25) is 5.91 Å². The normalized spacial score (nSPS) is 13.0. The van der Waals surface area contributed by atoms with E-state index in [9.17, 15) is 14.4 Å². The third-order valence-electron chi connectivity index (χ3n) is 4.08. The number of nitrogens with one attached hydrogen (secondary N) is 3. The summed E-state index contributed by atoms with van der Waals surface area (Å²) in [5.74, 6) is -0.317. The molecule has 2 aromatic carbocycles. The molecule has 1 aliphatic carbocycles. The molecule has 0 saturated heterocycles. The summed E-state index contributed by atoms with van der Waals surface area (Å²) in [6.07, 6.45) is 1.86. The van der Waals surface area contributed by atoms with E-state index >= 15 is 0 Å². The Kier molecular flexibility index (Phi) is 5.31. The predicted molar refractivity (Wildman–Crippen MR) is 100 cm³/mol. The van der Waals surface area contributed by atoms with Crippen molar-refractivity contribution in [3.63, 3.8) is 0 Å². The van der Waals surface area contributed by atoms with Gasteiger partial charge in [0.05, 0.1) is 0 Å². The molecule has 0 aliphatic heterocycles. The predicted octanol–water partition coefficient (Wildman–Crippen LogP) is 3.04. The van der Waals surface area contributed by atoms with Gasteiger partial charge in [-0.3, -0.25) is 14.4 Å². The third kappa shape index (κ3) is 4.47.